The van der Waals surface area contributed by atoms with Crippen LogP contribution in [0.5, 0.6) is 0 Å². The van der Waals surface area contributed by atoms with Gasteiger partial charge in [0.25, 0.3) is 0 Å². The lowest BCUT2D eigenvalue weighted by Gasteiger charge is -1.98. The van der Waals surface area contributed by atoms with Crippen molar-refractivity contribution < 1.29 is 8.42 Å². The minimum absolute atomic E-state index is 0.0221. The zero-order valence-corrected chi connectivity index (χ0v) is 8.77. The van der Waals surface area contributed by atoms with Crippen LogP contribution in [-0.2, 0) is 9.84 Å². The first-order valence-corrected chi connectivity index (χ1v) is 5.89. The van der Waals surface area contributed by atoms with Crippen molar-refractivity contribution in [2.24, 2.45) is 0 Å². The molecule has 1 rings (SSSR count). The van der Waals surface area contributed by atoms with Crippen molar-refractivity contribution in [2.45, 2.75) is 5.16 Å². The summed E-state index contributed by atoms with van der Waals surface area (Å²) < 4.78 is 22.6. The fraction of sp³-hybridized carbons (Fsp3) is 0.333. The highest BCUT2D eigenvalue weighted by molar-refractivity contribution is 7.91. The Morgan fingerprint density at radius 3 is 2.31 bits per heavy atom. The van der Waals surface area contributed by atoms with Gasteiger partial charge in [-0.2, -0.15) is 0 Å². The monoisotopic (exact) mass is 240 g/mol. The number of alkyl halides is 1. The molecule has 0 saturated carbocycles. The maximum Gasteiger partial charge on any atom is 0.247 e. The first kappa shape index (κ1) is 10.7. The topological polar surface area (TPSA) is 59.9 Å². The van der Waals surface area contributed by atoms with Crippen molar-refractivity contribution in [3.63, 3.8) is 0 Å². The summed E-state index contributed by atoms with van der Waals surface area (Å²) in [5.41, 5.74) is 0. The number of halogens is 2. The van der Waals surface area contributed by atoms with Crippen molar-refractivity contribution in [2.75, 3.05) is 11.6 Å². The second-order valence-corrected chi connectivity index (χ2v) is 5.01. The van der Waals surface area contributed by atoms with Gasteiger partial charge in [0.05, 0.1) is 23.2 Å². The van der Waals surface area contributed by atoms with E-state index in [9.17, 15) is 8.42 Å². The van der Waals surface area contributed by atoms with E-state index in [1.165, 1.54) is 12.4 Å². The van der Waals surface area contributed by atoms with Gasteiger partial charge in [-0.3, -0.25) is 0 Å². The molecule has 0 bridgehead atoms. The third kappa shape index (κ3) is 2.79. The summed E-state index contributed by atoms with van der Waals surface area (Å²) in [6.07, 6.45) is 2.46. The molecule has 0 fully saturated rings. The molecule has 0 unspecified atom stereocenters. The zero-order valence-electron chi connectivity index (χ0n) is 6.44. The van der Waals surface area contributed by atoms with Gasteiger partial charge in [-0.15, -0.1) is 11.6 Å². The standard InChI is InChI=1S/C6H6Cl2N2O2S/c7-1-2-13(11,12)6-9-3-5(8)4-10-6/h3-4H,1-2H2. The van der Waals surface area contributed by atoms with E-state index in [1.807, 2.05) is 0 Å². The molecule has 0 aliphatic rings. The summed E-state index contributed by atoms with van der Waals surface area (Å²) in [6, 6.07) is 0. The van der Waals surface area contributed by atoms with E-state index in [4.69, 9.17) is 23.2 Å². The summed E-state index contributed by atoms with van der Waals surface area (Å²) in [7, 11) is -3.44. The van der Waals surface area contributed by atoms with E-state index in [1.54, 1.807) is 0 Å². The zero-order chi connectivity index (χ0) is 9.90. The minimum Gasteiger partial charge on any atom is -0.225 e. The van der Waals surface area contributed by atoms with Gasteiger partial charge < -0.3 is 0 Å². The van der Waals surface area contributed by atoms with Crippen LogP contribution in [0.15, 0.2) is 17.6 Å². The number of nitrogens with zero attached hydrogens (tertiary/aromatic N) is 2. The number of hydrogen-bond donors (Lipinski definition) is 0. The van der Waals surface area contributed by atoms with Gasteiger partial charge in [0.2, 0.25) is 15.0 Å². The maximum atomic E-state index is 11.3. The van der Waals surface area contributed by atoms with Crippen molar-refractivity contribution in [3.05, 3.63) is 17.4 Å². The number of rotatable bonds is 3. The summed E-state index contributed by atoms with van der Waals surface area (Å²) >= 11 is 10.8. The molecule has 7 heteroatoms. The Morgan fingerprint density at radius 2 is 1.85 bits per heavy atom. The van der Waals surface area contributed by atoms with Crippen molar-refractivity contribution in [3.8, 4) is 0 Å². The van der Waals surface area contributed by atoms with Crippen LogP contribution in [0.1, 0.15) is 0 Å². The first-order valence-electron chi connectivity index (χ1n) is 3.32. The number of sulfone groups is 1. The normalized spacial score (nSPS) is 11.5. The molecule has 0 amide bonds. The molecule has 0 N–H and O–H groups in total. The van der Waals surface area contributed by atoms with Crippen LogP contribution < -0.4 is 0 Å². The minimum atomic E-state index is -3.44. The molecule has 0 atom stereocenters. The molecule has 4 nitrogen and oxygen atoms in total. The molecule has 1 aromatic heterocycles. The highest BCUT2D eigenvalue weighted by atomic mass is 35.5. The van der Waals surface area contributed by atoms with E-state index >= 15 is 0 Å². The highest BCUT2D eigenvalue weighted by Gasteiger charge is 2.16. The van der Waals surface area contributed by atoms with Gasteiger partial charge >= 0.3 is 0 Å². The van der Waals surface area contributed by atoms with Gasteiger partial charge in [-0.1, -0.05) is 11.6 Å². The van der Waals surface area contributed by atoms with Crippen LogP contribution in [-0.4, -0.2) is 30.0 Å². The van der Waals surface area contributed by atoms with E-state index in [2.05, 4.69) is 9.97 Å². The third-order valence-electron chi connectivity index (χ3n) is 1.22. The molecular weight excluding hydrogens is 235 g/mol. The fourth-order valence-corrected chi connectivity index (χ4v) is 2.17. The SMILES string of the molecule is O=S(=O)(CCCl)c1ncc(Cl)cn1. The Bertz CT molecular complexity index is 376. The smallest absolute Gasteiger partial charge is 0.225 e. The molecule has 0 aliphatic carbocycles. The quantitative estimate of drug-likeness (QED) is 0.588. The molecular formula is C6H6Cl2N2O2S. The van der Waals surface area contributed by atoms with Gasteiger partial charge in [0.15, 0.2) is 0 Å². The Balaban J connectivity index is 3.02. The van der Waals surface area contributed by atoms with Crippen LogP contribution in [0.3, 0.4) is 0 Å². The Morgan fingerprint density at radius 1 is 1.31 bits per heavy atom. The van der Waals surface area contributed by atoms with Gasteiger partial charge in [-0.25, -0.2) is 18.4 Å². The van der Waals surface area contributed by atoms with Crippen molar-refractivity contribution >= 4 is 33.0 Å². The average molecular weight is 241 g/mol. The summed E-state index contributed by atoms with van der Waals surface area (Å²) in [5, 5.41) is 0.0578. The molecule has 1 heterocycles. The molecule has 0 saturated heterocycles. The largest absolute Gasteiger partial charge is 0.247 e. The molecule has 0 spiro atoms. The number of hydrogen-bond acceptors (Lipinski definition) is 4. The second kappa shape index (κ2) is 4.21. The van der Waals surface area contributed by atoms with Crippen LogP contribution in [0, 0.1) is 0 Å². The summed E-state index contributed by atoms with van der Waals surface area (Å²) in [4.78, 5) is 7.16. The fourth-order valence-electron chi connectivity index (χ4n) is 0.654. The summed E-state index contributed by atoms with van der Waals surface area (Å²) in [5.74, 6) is -0.148. The van der Waals surface area contributed by atoms with Crippen LogP contribution >= 0.6 is 23.2 Å². The molecule has 0 aliphatic heterocycles. The average Bonchev–Trinajstić information content (AvgIpc) is 2.05. The van der Waals surface area contributed by atoms with Gasteiger partial charge in [0, 0.05) is 5.88 Å². The Hall–Kier alpha value is -0.390. The Kier molecular flexibility index (Phi) is 3.47. The molecule has 0 radical (unpaired) electrons. The molecule has 0 aromatic carbocycles. The molecule has 72 valence electrons. The lowest BCUT2D eigenvalue weighted by atomic mass is 10.7. The highest BCUT2D eigenvalue weighted by Crippen LogP contribution is 2.08. The van der Waals surface area contributed by atoms with Crippen LogP contribution in [0.2, 0.25) is 5.02 Å². The molecule has 13 heavy (non-hydrogen) atoms. The lowest BCUT2D eigenvalue weighted by Crippen LogP contribution is -2.11. The van der Waals surface area contributed by atoms with Crippen molar-refractivity contribution in [1.29, 1.82) is 0 Å². The van der Waals surface area contributed by atoms with Gasteiger partial charge in [0.1, 0.15) is 0 Å². The van der Waals surface area contributed by atoms with E-state index in [0.29, 0.717) is 5.02 Å². The lowest BCUT2D eigenvalue weighted by molar-refractivity contribution is 0.588. The summed E-state index contributed by atoms with van der Waals surface area (Å²) in [6.45, 7) is 0. The van der Waals surface area contributed by atoms with Crippen molar-refractivity contribution in [1.82, 2.24) is 9.97 Å². The van der Waals surface area contributed by atoms with Crippen LogP contribution in [0.25, 0.3) is 0 Å². The molecule has 1 aromatic rings. The number of aromatic nitrogens is 2. The van der Waals surface area contributed by atoms with E-state index in [-0.39, 0.29) is 16.8 Å². The first-order chi connectivity index (χ1) is 6.06. The predicted octanol–water partition coefficient (Wildman–Crippen LogP) is 1.14. The second-order valence-electron chi connectivity index (χ2n) is 2.19. The van der Waals surface area contributed by atoms with Gasteiger partial charge in [-0.05, 0) is 0 Å². The van der Waals surface area contributed by atoms with E-state index in [0.717, 1.165) is 0 Å². The predicted molar refractivity (Wildman–Crippen MR) is 49.8 cm³/mol. The third-order valence-corrected chi connectivity index (χ3v) is 3.34. The maximum absolute atomic E-state index is 11.3. The van der Waals surface area contributed by atoms with E-state index < -0.39 is 9.84 Å². The Labute approximate surface area is 85.8 Å². The van der Waals surface area contributed by atoms with Crippen LogP contribution in [0.4, 0.5) is 0 Å².